The Hall–Kier alpha value is -3.70. The van der Waals surface area contributed by atoms with E-state index in [1.807, 2.05) is 0 Å². The van der Waals surface area contributed by atoms with Gasteiger partial charge in [0.1, 0.15) is 0 Å². The van der Waals surface area contributed by atoms with Gasteiger partial charge in [0.05, 0.1) is 15.9 Å². The molecule has 35 heavy (non-hydrogen) atoms. The topological polar surface area (TPSA) is 141 Å². The molecule has 1 saturated heterocycles. The highest BCUT2D eigenvalue weighted by Crippen LogP contribution is 2.21. The minimum Gasteiger partial charge on any atom is -0.452 e. The molecule has 1 fully saturated rings. The predicted molar refractivity (Wildman–Crippen MR) is 131 cm³/mol. The van der Waals surface area contributed by atoms with Crippen molar-refractivity contribution in [1.82, 2.24) is 14.3 Å². The fourth-order valence-corrected chi connectivity index (χ4v) is 5.36. The van der Waals surface area contributed by atoms with Crippen LogP contribution in [0.4, 0.5) is 5.69 Å². The quantitative estimate of drug-likeness (QED) is 0.338. The number of benzene rings is 2. The number of ether oxygens (including phenoxy) is 1. The van der Waals surface area contributed by atoms with Crippen LogP contribution >= 0.6 is 0 Å². The molecular weight excluding hydrogens is 472 g/mol. The smallest absolute Gasteiger partial charge is 0.331 e. The molecule has 4 rings (SSSR count). The number of sulfonamides is 1. The fraction of sp³-hybridized carbons (Fsp3) is 0.292. The average molecular weight is 499 g/mol. The van der Waals surface area contributed by atoms with Gasteiger partial charge in [-0.25, -0.2) is 18.0 Å². The highest BCUT2D eigenvalue weighted by molar-refractivity contribution is 7.89. The van der Waals surface area contributed by atoms with Crippen LogP contribution in [0.3, 0.4) is 0 Å². The van der Waals surface area contributed by atoms with Crippen LogP contribution in [-0.2, 0) is 24.3 Å². The zero-order valence-electron chi connectivity index (χ0n) is 19.0. The van der Waals surface area contributed by atoms with Crippen LogP contribution in [-0.4, -0.2) is 54.3 Å². The Labute approximate surface area is 202 Å². The van der Waals surface area contributed by atoms with Crippen LogP contribution in [0, 0.1) is 0 Å². The van der Waals surface area contributed by atoms with Gasteiger partial charge in [-0.15, -0.1) is 0 Å². The standard InChI is InChI=1S/C24H26N4O6S/c29-22(25-18-8-11-20-21(15-18)27-24(31)26-20)16-34-23(30)12-7-17-5-9-19(10-6-17)35(32,33)28-13-3-1-2-4-14-28/h5-12,15H,1-4,13-14,16H2,(H,25,29)(H2,26,27,31)/b12-7+. The van der Waals surface area contributed by atoms with Gasteiger partial charge in [0.2, 0.25) is 10.0 Å². The SMILES string of the molecule is O=C(COC(=O)/C=C/c1ccc(S(=O)(=O)N2CCCCCC2)cc1)Nc1ccc2[nH]c(=O)[nH]c2c1. The number of nitrogens with one attached hydrogen (secondary N) is 3. The number of hydrogen-bond donors (Lipinski definition) is 3. The number of aromatic nitrogens is 2. The normalized spacial score (nSPS) is 15.2. The van der Waals surface area contributed by atoms with Gasteiger partial charge in [-0.2, -0.15) is 4.31 Å². The molecule has 0 bridgehead atoms. The van der Waals surface area contributed by atoms with Crippen molar-refractivity contribution in [3.8, 4) is 0 Å². The number of esters is 1. The molecule has 11 heteroatoms. The molecule has 0 unspecified atom stereocenters. The lowest BCUT2D eigenvalue weighted by atomic mass is 10.2. The van der Waals surface area contributed by atoms with Crippen molar-refractivity contribution in [2.45, 2.75) is 30.6 Å². The summed E-state index contributed by atoms with van der Waals surface area (Å²) in [6.07, 6.45) is 6.46. The van der Waals surface area contributed by atoms with E-state index in [0.29, 0.717) is 35.4 Å². The summed E-state index contributed by atoms with van der Waals surface area (Å²) in [5.74, 6) is -1.25. The first-order chi connectivity index (χ1) is 16.8. The van der Waals surface area contributed by atoms with Crippen LogP contribution in [0.25, 0.3) is 17.1 Å². The number of amides is 1. The van der Waals surface area contributed by atoms with Gasteiger partial charge in [-0.1, -0.05) is 25.0 Å². The Morgan fingerprint density at radius 3 is 2.37 bits per heavy atom. The molecular formula is C24H26N4O6S. The van der Waals surface area contributed by atoms with E-state index in [-0.39, 0.29) is 10.6 Å². The average Bonchev–Trinajstić information content (AvgIpc) is 3.02. The summed E-state index contributed by atoms with van der Waals surface area (Å²) in [4.78, 5) is 40.8. The highest BCUT2D eigenvalue weighted by atomic mass is 32.2. The van der Waals surface area contributed by atoms with E-state index in [9.17, 15) is 22.8 Å². The van der Waals surface area contributed by atoms with E-state index in [1.165, 1.54) is 28.6 Å². The van der Waals surface area contributed by atoms with Crippen molar-refractivity contribution in [3.05, 3.63) is 64.6 Å². The number of aromatic amines is 2. The van der Waals surface area contributed by atoms with E-state index in [2.05, 4.69) is 15.3 Å². The molecule has 1 aliphatic rings. The molecule has 0 spiro atoms. The third-order valence-electron chi connectivity index (χ3n) is 5.64. The van der Waals surface area contributed by atoms with Crippen LogP contribution in [0.5, 0.6) is 0 Å². The van der Waals surface area contributed by atoms with Crippen LogP contribution in [0.2, 0.25) is 0 Å². The number of nitrogens with zero attached hydrogens (tertiary/aromatic N) is 1. The number of anilines is 1. The molecule has 184 valence electrons. The van der Waals surface area contributed by atoms with Gasteiger partial charge in [0, 0.05) is 24.9 Å². The minimum atomic E-state index is -3.53. The number of hydrogen-bond acceptors (Lipinski definition) is 6. The molecule has 2 aromatic carbocycles. The number of imidazole rings is 1. The molecule has 2 heterocycles. The summed E-state index contributed by atoms with van der Waals surface area (Å²) in [5.41, 5.74) is 1.86. The van der Waals surface area contributed by atoms with Crippen LogP contribution in [0.15, 0.2) is 58.2 Å². The zero-order valence-corrected chi connectivity index (χ0v) is 19.8. The molecule has 1 amide bonds. The molecule has 1 aliphatic heterocycles. The van der Waals surface area contributed by atoms with E-state index < -0.39 is 28.5 Å². The van der Waals surface area contributed by atoms with E-state index in [1.54, 1.807) is 30.3 Å². The second-order valence-corrected chi connectivity index (χ2v) is 10.2. The molecule has 0 radical (unpaired) electrons. The van der Waals surface area contributed by atoms with Gasteiger partial charge in [0.15, 0.2) is 6.61 Å². The minimum absolute atomic E-state index is 0.220. The monoisotopic (exact) mass is 498 g/mol. The maximum Gasteiger partial charge on any atom is 0.331 e. The Morgan fingerprint density at radius 1 is 0.971 bits per heavy atom. The number of H-pyrrole nitrogens is 2. The predicted octanol–water partition coefficient (Wildman–Crippen LogP) is 2.62. The lowest BCUT2D eigenvalue weighted by Gasteiger charge is -2.19. The van der Waals surface area contributed by atoms with E-state index in [0.717, 1.165) is 25.7 Å². The summed E-state index contributed by atoms with van der Waals surface area (Å²) in [5, 5.41) is 2.59. The zero-order chi connectivity index (χ0) is 24.8. The second kappa shape index (κ2) is 10.7. The number of carbonyl (C=O) groups is 2. The van der Waals surface area contributed by atoms with E-state index in [4.69, 9.17) is 4.74 Å². The first-order valence-electron chi connectivity index (χ1n) is 11.3. The van der Waals surface area contributed by atoms with Crippen molar-refractivity contribution < 1.29 is 22.7 Å². The Balaban J connectivity index is 1.28. The lowest BCUT2D eigenvalue weighted by molar-refractivity contribution is -0.142. The van der Waals surface area contributed by atoms with E-state index >= 15 is 0 Å². The highest BCUT2D eigenvalue weighted by Gasteiger charge is 2.24. The first kappa shape index (κ1) is 24.4. The number of fused-ring (bicyclic) bond motifs is 1. The Morgan fingerprint density at radius 2 is 1.66 bits per heavy atom. The van der Waals surface area contributed by atoms with Gasteiger partial charge >= 0.3 is 11.7 Å². The lowest BCUT2D eigenvalue weighted by Crippen LogP contribution is -2.31. The maximum atomic E-state index is 12.8. The molecule has 3 aromatic rings. The molecule has 0 aliphatic carbocycles. The van der Waals surface area contributed by atoms with Gasteiger partial charge in [-0.3, -0.25) is 4.79 Å². The third kappa shape index (κ3) is 6.25. The summed E-state index contributed by atoms with van der Waals surface area (Å²) in [6, 6.07) is 11.1. The van der Waals surface area contributed by atoms with Crippen molar-refractivity contribution in [3.63, 3.8) is 0 Å². The van der Waals surface area contributed by atoms with Crippen LogP contribution in [0.1, 0.15) is 31.2 Å². The van der Waals surface area contributed by atoms with Gasteiger partial charge in [-0.05, 0) is 54.8 Å². The third-order valence-corrected chi connectivity index (χ3v) is 7.55. The summed E-state index contributed by atoms with van der Waals surface area (Å²) < 4.78 is 32.2. The Kier molecular flexibility index (Phi) is 7.47. The van der Waals surface area contributed by atoms with Crippen LogP contribution < -0.4 is 11.0 Å². The van der Waals surface area contributed by atoms with Crippen molar-refractivity contribution in [1.29, 1.82) is 0 Å². The summed E-state index contributed by atoms with van der Waals surface area (Å²) in [6.45, 7) is 0.575. The largest absolute Gasteiger partial charge is 0.452 e. The maximum absolute atomic E-state index is 12.8. The molecule has 1 aromatic heterocycles. The summed E-state index contributed by atoms with van der Waals surface area (Å²) in [7, 11) is -3.53. The summed E-state index contributed by atoms with van der Waals surface area (Å²) >= 11 is 0. The van der Waals surface area contributed by atoms with Crippen molar-refractivity contribution in [2.75, 3.05) is 25.0 Å². The fourth-order valence-electron chi connectivity index (χ4n) is 3.84. The van der Waals surface area contributed by atoms with Gasteiger partial charge in [0.25, 0.3) is 5.91 Å². The molecule has 0 atom stereocenters. The molecule has 0 saturated carbocycles. The number of carbonyl (C=O) groups excluding carboxylic acids is 2. The second-order valence-electron chi connectivity index (χ2n) is 8.22. The number of rotatable bonds is 7. The van der Waals surface area contributed by atoms with Crippen molar-refractivity contribution >= 4 is 44.7 Å². The first-order valence-corrected chi connectivity index (χ1v) is 12.7. The molecule has 10 nitrogen and oxygen atoms in total. The Bertz CT molecular complexity index is 1400. The van der Waals surface area contributed by atoms with Gasteiger partial charge < -0.3 is 20.0 Å². The molecule has 3 N–H and O–H groups in total. The van der Waals surface area contributed by atoms with Crippen molar-refractivity contribution in [2.24, 2.45) is 0 Å².